The van der Waals surface area contributed by atoms with Crippen molar-refractivity contribution in [2.24, 2.45) is 0 Å². The molecule has 7 heteroatoms. The standard InChI is InChI=1S/C11H11F4NO2/c1-6(10(17)18)16-5-7-2-3-9(12)8(4-7)11(13,14)15/h2-4,6,16H,5H2,1H3,(H,17,18). The zero-order chi connectivity index (χ0) is 13.9. The Kier molecular flexibility index (Phi) is 4.28. The van der Waals surface area contributed by atoms with Crippen LogP contribution in [0.2, 0.25) is 0 Å². The van der Waals surface area contributed by atoms with E-state index in [0.717, 1.165) is 0 Å². The molecule has 3 nitrogen and oxygen atoms in total. The Morgan fingerprint density at radius 2 is 2.06 bits per heavy atom. The zero-order valence-corrected chi connectivity index (χ0v) is 9.38. The average molecular weight is 265 g/mol. The van der Waals surface area contributed by atoms with E-state index >= 15 is 0 Å². The lowest BCUT2D eigenvalue weighted by atomic mass is 10.1. The van der Waals surface area contributed by atoms with Crippen molar-refractivity contribution in [3.63, 3.8) is 0 Å². The molecule has 0 aliphatic heterocycles. The topological polar surface area (TPSA) is 49.3 Å². The van der Waals surface area contributed by atoms with Crippen molar-refractivity contribution in [1.82, 2.24) is 5.32 Å². The molecule has 18 heavy (non-hydrogen) atoms. The first-order valence-electron chi connectivity index (χ1n) is 5.03. The van der Waals surface area contributed by atoms with E-state index in [1.54, 1.807) is 0 Å². The van der Waals surface area contributed by atoms with E-state index in [4.69, 9.17) is 5.11 Å². The number of hydrogen-bond donors (Lipinski definition) is 2. The third-order valence-electron chi connectivity index (χ3n) is 2.32. The first-order chi connectivity index (χ1) is 8.21. The fourth-order valence-electron chi connectivity index (χ4n) is 1.26. The summed E-state index contributed by atoms with van der Waals surface area (Å²) in [5.74, 6) is -2.47. The van der Waals surface area contributed by atoms with Gasteiger partial charge in [-0.15, -0.1) is 0 Å². The van der Waals surface area contributed by atoms with Gasteiger partial charge in [0.15, 0.2) is 0 Å². The van der Waals surface area contributed by atoms with Crippen LogP contribution in [0.1, 0.15) is 18.1 Å². The zero-order valence-electron chi connectivity index (χ0n) is 9.38. The fraction of sp³-hybridized carbons (Fsp3) is 0.364. The van der Waals surface area contributed by atoms with Gasteiger partial charge in [0.05, 0.1) is 5.56 Å². The van der Waals surface area contributed by atoms with E-state index in [1.807, 2.05) is 0 Å². The second-order valence-electron chi connectivity index (χ2n) is 3.75. The van der Waals surface area contributed by atoms with E-state index in [-0.39, 0.29) is 12.1 Å². The molecule has 0 fully saturated rings. The highest BCUT2D eigenvalue weighted by Crippen LogP contribution is 2.31. The quantitative estimate of drug-likeness (QED) is 0.822. The van der Waals surface area contributed by atoms with Crippen molar-refractivity contribution in [2.45, 2.75) is 25.7 Å². The van der Waals surface area contributed by atoms with Crippen LogP contribution in [-0.2, 0) is 17.5 Å². The molecule has 1 unspecified atom stereocenters. The number of carboxylic acid groups (broad SMARTS) is 1. The molecule has 2 N–H and O–H groups in total. The monoisotopic (exact) mass is 265 g/mol. The summed E-state index contributed by atoms with van der Waals surface area (Å²) < 4.78 is 50.2. The summed E-state index contributed by atoms with van der Waals surface area (Å²) in [6, 6.07) is 1.65. The van der Waals surface area contributed by atoms with Crippen LogP contribution in [0, 0.1) is 5.82 Å². The second-order valence-corrected chi connectivity index (χ2v) is 3.75. The summed E-state index contributed by atoms with van der Waals surface area (Å²) in [7, 11) is 0. The summed E-state index contributed by atoms with van der Waals surface area (Å²) in [6.45, 7) is 1.27. The van der Waals surface area contributed by atoms with Gasteiger partial charge in [0.25, 0.3) is 0 Å². The molecule has 1 aromatic rings. The molecule has 0 aliphatic rings. The minimum atomic E-state index is -4.77. The molecule has 0 spiro atoms. The molecule has 0 radical (unpaired) electrons. The number of halogens is 4. The maximum absolute atomic E-state index is 13.0. The van der Waals surface area contributed by atoms with Crippen LogP contribution in [0.15, 0.2) is 18.2 Å². The third kappa shape index (κ3) is 3.69. The summed E-state index contributed by atoms with van der Waals surface area (Å²) in [4.78, 5) is 10.5. The molecule has 0 aromatic heterocycles. The van der Waals surface area contributed by atoms with Crippen molar-refractivity contribution in [1.29, 1.82) is 0 Å². The molecule has 0 amide bonds. The maximum Gasteiger partial charge on any atom is 0.419 e. The number of hydrogen-bond acceptors (Lipinski definition) is 2. The van der Waals surface area contributed by atoms with Gasteiger partial charge >= 0.3 is 12.1 Å². The first-order valence-corrected chi connectivity index (χ1v) is 5.03. The number of carbonyl (C=O) groups is 1. The Morgan fingerprint density at radius 1 is 1.44 bits per heavy atom. The minimum absolute atomic E-state index is 0.0865. The molecule has 0 aliphatic carbocycles. The minimum Gasteiger partial charge on any atom is -0.480 e. The van der Waals surface area contributed by atoms with Crippen LogP contribution in [0.3, 0.4) is 0 Å². The molecule has 100 valence electrons. The van der Waals surface area contributed by atoms with Gasteiger partial charge in [-0.05, 0) is 24.6 Å². The Hall–Kier alpha value is -1.63. The number of nitrogens with one attached hydrogen (secondary N) is 1. The van der Waals surface area contributed by atoms with Crippen molar-refractivity contribution in [3.05, 3.63) is 35.1 Å². The number of aliphatic carboxylic acids is 1. The van der Waals surface area contributed by atoms with Gasteiger partial charge in [0.1, 0.15) is 11.9 Å². The van der Waals surface area contributed by atoms with E-state index < -0.39 is 29.6 Å². The van der Waals surface area contributed by atoms with Crippen molar-refractivity contribution < 1.29 is 27.5 Å². The predicted octanol–water partition coefficient (Wildman–Crippen LogP) is 2.41. The molecule has 0 saturated heterocycles. The van der Waals surface area contributed by atoms with E-state index in [0.29, 0.717) is 12.1 Å². The summed E-state index contributed by atoms with van der Waals surface area (Å²) in [5.41, 5.74) is -1.19. The molecule has 0 bridgehead atoms. The fourth-order valence-corrected chi connectivity index (χ4v) is 1.26. The van der Waals surface area contributed by atoms with Crippen molar-refractivity contribution in [2.75, 3.05) is 0 Å². The molecule has 1 aromatic carbocycles. The van der Waals surface area contributed by atoms with Crippen molar-refractivity contribution >= 4 is 5.97 Å². The molecular weight excluding hydrogens is 254 g/mol. The van der Waals surface area contributed by atoms with Crippen LogP contribution in [-0.4, -0.2) is 17.1 Å². The third-order valence-corrected chi connectivity index (χ3v) is 2.32. The number of alkyl halides is 3. The van der Waals surface area contributed by atoms with Crippen LogP contribution in [0.4, 0.5) is 17.6 Å². The van der Waals surface area contributed by atoms with Gasteiger partial charge in [-0.25, -0.2) is 4.39 Å². The Labute approximate surface area is 100 Å². The molecule has 1 rings (SSSR count). The van der Waals surface area contributed by atoms with Crippen LogP contribution in [0.5, 0.6) is 0 Å². The summed E-state index contributed by atoms with van der Waals surface area (Å²) >= 11 is 0. The SMILES string of the molecule is CC(NCc1ccc(F)c(C(F)(F)F)c1)C(=O)O. The highest BCUT2D eigenvalue weighted by Gasteiger charge is 2.34. The lowest BCUT2D eigenvalue weighted by Gasteiger charge is -2.12. The normalized spacial score (nSPS) is 13.4. The van der Waals surface area contributed by atoms with Gasteiger partial charge in [0.2, 0.25) is 0 Å². The molecule has 1 atom stereocenters. The van der Waals surface area contributed by atoms with E-state index in [2.05, 4.69) is 5.32 Å². The average Bonchev–Trinajstić information content (AvgIpc) is 2.25. The number of benzene rings is 1. The summed E-state index contributed by atoms with van der Waals surface area (Å²) in [6.07, 6.45) is -4.77. The van der Waals surface area contributed by atoms with Gasteiger partial charge in [-0.1, -0.05) is 6.07 Å². The lowest BCUT2D eigenvalue weighted by molar-refractivity contribution is -0.140. The molecule has 0 heterocycles. The van der Waals surface area contributed by atoms with Gasteiger partial charge < -0.3 is 10.4 Å². The second kappa shape index (κ2) is 5.34. The molecule has 0 saturated carbocycles. The van der Waals surface area contributed by atoms with Crippen LogP contribution in [0.25, 0.3) is 0 Å². The highest BCUT2D eigenvalue weighted by atomic mass is 19.4. The van der Waals surface area contributed by atoms with E-state index in [9.17, 15) is 22.4 Å². The van der Waals surface area contributed by atoms with Crippen molar-refractivity contribution in [3.8, 4) is 0 Å². The predicted molar refractivity (Wildman–Crippen MR) is 55.3 cm³/mol. The summed E-state index contributed by atoms with van der Waals surface area (Å²) in [5, 5.41) is 11.1. The number of carboxylic acids is 1. The van der Waals surface area contributed by atoms with Gasteiger partial charge in [0, 0.05) is 6.54 Å². The molecular formula is C11H11F4NO2. The highest BCUT2D eigenvalue weighted by molar-refractivity contribution is 5.72. The van der Waals surface area contributed by atoms with Crippen LogP contribution >= 0.6 is 0 Å². The number of rotatable bonds is 4. The first kappa shape index (κ1) is 14.4. The Bertz CT molecular complexity index is 445. The van der Waals surface area contributed by atoms with Gasteiger partial charge in [-0.3, -0.25) is 4.79 Å². The van der Waals surface area contributed by atoms with E-state index in [1.165, 1.54) is 13.0 Å². The maximum atomic E-state index is 13.0. The largest absolute Gasteiger partial charge is 0.480 e. The Balaban J connectivity index is 2.83. The smallest absolute Gasteiger partial charge is 0.419 e. The Morgan fingerprint density at radius 3 is 2.56 bits per heavy atom. The van der Waals surface area contributed by atoms with Crippen LogP contribution < -0.4 is 5.32 Å². The lowest BCUT2D eigenvalue weighted by Crippen LogP contribution is -2.33. The van der Waals surface area contributed by atoms with Gasteiger partial charge in [-0.2, -0.15) is 13.2 Å².